The lowest BCUT2D eigenvalue weighted by molar-refractivity contribution is -0.120. The molecule has 1 amide bonds. The number of aromatic nitrogens is 1. The first kappa shape index (κ1) is 23.9. The van der Waals surface area contributed by atoms with Crippen molar-refractivity contribution in [1.82, 2.24) is 26.3 Å². The fourth-order valence-electron chi connectivity index (χ4n) is 5.11. The molecule has 2 aliphatic carbocycles. The number of benzene rings is 1. The van der Waals surface area contributed by atoms with Gasteiger partial charge in [-0.25, -0.2) is 0 Å². The van der Waals surface area contributed by atoms with Crippen LogP contribution in [0.4, 0.5) is 0 Å². The van der Waals surface area contributed by atoms with Gasteiger partial charge in [0.05, 0.1) is 12.2 Å². The van der Waals surface area contributed by atoms with E-state index >= 15 is 0 Å². The molecule has 0 spiro atoms. The topological polar surface area (TPSA) is 78.1 Å². The van der Waals surface area contributed by atoms with E-state index in [9.17, 15) is 4.79 Å². The van der Waals surface area contributed by atoms with Crippen molar-refractivity contribution in [3.63, 3.8) is 0 Å². The van der Waals surface area contributed by atoms with Crippen LogP contribution in [0, 0.1) is 0 Å². The smallest absolute Gasteiger partial charge is 0.234 e. The van der Waals surface area contributed by atoms with Crippen LogP contribution in [0.5, 0.6) is 0 Å². The SMILES string of the molecule is O=C(CNCc1ccccn1)NCc1cccc2c1CC(NCCCNC1CCCCC1)C2. The van der Waals surface area contributed by atoms with Gasteiger partial charge in [-0.15, -0.1) is 0 Å². The highest BCUT2D eigenvalue weighted by molar-refractivity contribution is 5.78. The van der Waals surface area contributed by atoms with Crippen molar-refractivity contribution in [3.8, 4) is 0 Å². The number of hydrogen-bond donors (Lipinski definition) is 4. The van der Waals surface area contributed by atoms with E-state index in [0.29, 0.717) is 25.7 Å². The van der Waals surface area contributed by atoms with E-state index in [1.54, 1.807) is 6.20 Å². The Morgan fingerprint density at radius 1 is 0.909 bits per heavy atom. The second-order valence-electron chi connectivity index (χ2n) is 9.46. The quantitative estimate of drug-likeness (QED) is 0.375. The van der Waals surface area contributed by atoms with Crippen molar-refractivity contribution < 1.29 is 4.79 Å². The zero-order valence-electron chi connectivity index (χ0n) is 19.7. The lowest BCUT2D eigenvalue weighted by Crippen LogP contribution is -2.35. The van der Waals surface area contributed by atoms with Crippen LogP contribution in [0.2, 0.25) is 0 Å². The Morgan fingerprint density at radius 3 is 2.58 bits per heavy atom. The number of rotatable bonds is 12. The largest absolute Gasteiger partial charge is 0.351 e. The molecule has 4 rings (SSSR count). The number of pyridine rings is 1. The van der Waals surface area contributed by atoms with Gasteiger partial charge in [0.25, 0.3) is 0 Å². The molecule has 0 bridgehead atoms. The maximum atomic E-state index is 12.3. The van der Waals surface area contributed by atoms with Gasteiger partial charge in [0.2, 0.25) is 5.91 Å². The van der Waals surface area contributed by atoms with Gasteiger partial charge in [0, 0.05) is 31.4 Å². The maximum absolute atomic E-state index is 12.3. The zero-order chi connectivity index (χ0) is 22.7. The van der Waals surface area contributed by atoms with E-state index in [1.807, 2.05) is 18.2 Å². The Morgan fingerprint density at radius 2 is 1.76 bits per heavy atom. The van der Waals surface area contributed by atoms with Gasteiger partial charge in [0.1, 0.15) is 0 Å². The minimum atomic E-state index is 0.0154. The van der Waals surface area contributed by atoms with Crippen molar-refractivity contribution in [2.75, 3.05) is 19.6 Å². The Balaban J connectivity index is 1.13. The summed E-state index contributed by atoms with van der Waals surface area (Å²) in [6.45, 7) is 3.66. The van der Waals surface area contributed by atoms with Crippen LogP contribution >= 0.6 is 0 Å². The van der Waals surface area contributed by atoms with Crippen molar-refractivity contribution in [2.45, 2.75) is 76.5 Å². The molecule has 0 radical (unpaired) electrons. The van der Waals surface area contributed by atoms with Crippen LogP contribution in [-0.2, 0) is 30.7 Å². The summed E-state index contributed by atoms with van der Waals surface area (Å²) in [7, 11) is 0. The summed E-state index contributed by atoms with van der Waals surface area (Å²) >= 11 is 0. The average Bonchev–Trinajstić information content (AvgIpc) is 3.27. The molecule has 1 aromatic carbocycles. The molecule has 1 aromatic heterocycles. The predicted molar refractivity (Wildman–Crippen MR) is 133 cm³/mol. The van der Waals surface area contributed by atoms with Crippen molar-refractivity contribution in [3.05, 3.63) is 65.0 Å². The molecule has 33 heavy (non-hydrogen) atoms. The second kappa shape index (κ2) is 12.8. The van der Waals surface area contributed by atoms with Gasteiger partial charge in [-0.1, -0.05) is 43.5 Å². The molecule has 1 saturated carbocycles. The van der Waals surface area contributed by atoms with E-state index in [2.05, 4.69) is 44.5 Å². The fraction of sp³-hybridized carbons (Fsp3) is 0.556. The number of fused-ring (bicyclic) bond motifs is 1. The number of carbonyl (C=O) groups is 1. The molecule has 0 aliphatic heterocycles. The number of nitrogens with zero attached hydrogens (tertiary/aromatic N) is 1. The van der Waals surface area contributed by atoms with Crippen molar-refractivity contribution >= 4 is 5.91 Å². The van der Waals surface area contributed by atoms with Gasteiger partial charge in [0.15, 0.2) is 0 Å². The third-order valence-electron chi connectivity index (χ3n) is 6.91. The predicted octanol–water partition coefficient (Wildman–Crippen LogP) is 2.86. The third-order valence-corrected chi connectivity index (χ3v) is 6.91. The van der Waals surface area contributed by atoms with Gasteiger partial charge >= 0.3 is 0 Å². The van der Waals surface area contributed by atoms with E-state index in [-0.39, 0.29) is 5.91 Å². The highest BCUT2D eigenvalue weighted by Crippen LogP contribution is 2.25. The van der Waals surface area contributed by atoms with Gasteiger partial charge in [-0.05, 0) is 74.0 Å². The van der Waals surface area contributed by atoms with E-state index in [1.165, 1.54) is 55.2 Å². The standard InChI is InChI=1S/C27H39N5O/c33-27(20-28-19-24-12-4-5-13-30-24)32-18-22-9-6-8-21-16-25(17-26(21)22)31-15-7-14-29-23-10-2-1-3-11-23/h4-6,8-9,12-13,23,25,28-29,31H,1-3,7,10-11,14-20H2,(H,32,33). The molecule has 2 aliphatic rings. The molecule has 0 saturated heterocycles. The molecular formula is C27H39N5O. The Hall–Kier alpha value is -2.28. The number of nitrogens with one attached hydrogen (secondary N) is 4. The van der Waals surface area contributed by atoms with Crippen molar-refractivity contribution in [2.24, 2.45) is 0 Å². The Labute approximate surface area is 198 Å². The van der Waals surface area contributed by atoms with Crippen LogP contribution in [0.3, 0.4) is 0 Å². The highest BCUT2D eigenvalue weighted by Gasteiger charge is 2.23. The molecule has 178 valence electrons. The van der Waals surface area contributed by atoms with Crippen LogP contribution in [0.15, 0.2) is 42.6 Å². The molecule has 6 heteroatoms. The summed E-state index contributed by atoms with van der Waals surface area (Å²) in [6, 6.07) is 13.6. The summed E-state index contributed by atoms with van der Waals surface area (Å²) in [5.41, 5.74) is 5.02. The lowest BCUT2D eigenvalue weighted by atomic mass is 9.95. The molecular weight excluding hydrogens is 410 g/mol. The fourth-order valence-corrected chi connectivity index (χ4v) is 5.11. The molecule has 6 nitrogen and oxygen atoms in total. The van der Waals surface area contributed by atoms with Crippen LogP contribution in [-0.4, -0.2) is 42.6 Å². The van der Waals surface area contributed by atoms with Crippen LogP contribution in [0.1, 0.15) is 60.9 Å². The zero-order valence-corrected chi connectivity index (χ0v) is 19.7. The van der Waals surface area contributed by atoms with Gasteiger partial charge < -0.3 is 21.3 Å². The summed E-state index contributed by atoms with van der Waals surface area (Å²) in [5.74, 6) is 0.0154. The Bertz CT molecular complexity index is 866. The molecule has 2 aromatic rings. The minimum Gasteiger partial charge on any atom is -0.351 e. The minimum absolute atomic E-state index is 0.0154. The molecule has 1 fully saturated rings. The number of carbonyl (C=O) groups excluding carboxylic acids is 1. The average molecular weight is 450 g/mol. The second-order valence-corrected chi connectivity index (χ2v) is 9.46. The number of amides is 1. The van der Waals surface area contributed by atoms with E-state index in [0.717, 1.165) is 37.7 Å². The summed E-state index contributed by atoms with van der Waals surface area (Å²) < 4.78 is 0. The first-order valence-corrected chi connectivity index (χ1v) is 12.7. The molecule has 4 N–H and O–H groups in total. The first-order chi connectivity index (χ1) is 16.3. The van der Waals surface area contributed by atoms with E-state index < -0.39 is 0 Å². The highest BCUT2D eigenvalue weighted by atomic mass is 16.1. The molecule has 1 unspecified atom stereocenters. The molecule has 1 atom stereocenters. The first-order valence-electron chi connectivity index (χ1n) is 12.7. The Kier molecular flexibility index (Phi) is 9.27. The van der Waals surface area contributed by atoms with E-state index in [4.69, 9.17) is 0 Å². The van der Waals surface area contributed by atoms with Gasteiger partial charge in [-0.2, -0.15) is 0 Å². The number of hydrogen-bond acceptors (Lipinski definition) is 5. The molecule has 1 heterocycles. The van der Waals surface area contributed by atoms with Crippen LogP contribution in [0.25, 0.3) is 0 Å². The van der Waals surface area contributed by atoms with Crippen LogP contribution < -0.4 is 21.3 Å². The maximum Gasteiger partial charge on any atom is 0.234 e. The third kappa shape index (κ3) is 7.63. The van der Waals surface area contributed by atoms with Gasteiger partial charge in [-0.3, -0.25) is 9.78 Å². The monoisotopic (exact) mass is 449 g/mol. The summed E-state index contributed by atoms with van der Waals surface area (Å²) in [6.07, 6.45) is 12.0. The summed E-state index contributed by atoms with van der Waals surface area (Å²) in [5, 5.41) is 13.7. The summed E-state index contributed by atoms with van der Waals surface area (Å²) in [4.78, 5) is 16.5. The lowest BCUT2D eigenvalue weighted by Gasteiger charge is -2.23. The normalized spacial score (nSPS) is 18.2. The van der Waals surface area contributed by atoms with Crippen molar-refractivity contribution in [1.29, 1.82) is 0 Å².